The van der Waals surface area contributed by atoms with Gasteiger partial charge in [-0.15, -0.1) is 0 Å². The standard InChI is InChI=1S/C33H38N6O4/c1-22-8-6-9-23(2)30(22)31(27-21-26(42-4)12-13-28(27)43-5)39(33(40)41)29-14-15-34-32(36-29)35-24-10-7-11-25(20-24)38-18-16-37(3)17-19-38/h6-15,20-21,31H,16-19H2,1-5H3,(H,40,41)(H,34,35,36). The van der Waals surface area contributed by atoms with Gasteiger partial charge in [0.15, 0.2) is 0 Å². The van der Waals surface area contributed by atoms with Crippen molar-refractivity contribution in [2.75, 3.05) is 62.6 Å². The molecule has 1 atom stereocenters. The highest BCUT2D eigenvalue weighted by Crippen LogP contribution is 2.41. The zero-order chi connectivity index (χ0) is 30.5. The number of ether oxygens (including phenoxy) is 2. The second kappa shape index (κ2) is 13.0. The fourth-order valence-corrected chi connectivity index (χ4v) is 5.59. The molecular formula is C33H38N6O4. The van der Waals surface area contributed by atoms with E-state index in [2.05, 4.69) is 39.3 Å². The number of methoxy groups -OCH3 is 2. The number of nitrogens with zero attached hydrogens (tertiary/aromatic N) is 5. The van der Waals surface area contributed by atoms with Crippen LogP contribution in [-0.2, 0) is 0 Å². The molecule has 224 valence electrons. The van der Waals surface area contributed by atoms with E-state index < -0.39 is 12.1 Å². The number of hydrogen-bond acceptors (Lipinski definition) is 8. The lowest BCUT2D eigenvalue weighted by molar-refractivity contribution is 0.199. The Labute approximate surface area is 252 Å². The number of rotatable bonds is 9. The van der Waals surface area contributed by atoms with E-state index in [1.54, 1.807) is 38.6 Å². The van der Waals surface area contributed by atoms with Gasteiger partial charge in [-0.05, 0) is 80.1 Å². The number of amides is 1. The monoisotopic (exact) mass is 582 g/mol. The van der Waals surface area contributed by atoms with E-state index in [1.165, 1.54) is 4.90 Å². The molecule has 1 aliphatic heterocycles. The summed E-state index contributed by atoms with van der Waals surface area (Å²) >= 11 is 0. The average Bonchev–Trinajstić information content (AvgIpc) is 3.00. The van der Waals surface area contributed by atoms with Gasteiger partial charge in [-0.25, -0.2) is 14.7 Å². The van der Waals surface area contributed by atoms with Gasteiger partial charge in [-0.3, -0.25) is 0 Å². The van der Waals surface area contributed by atoms with Crippen LogP contribution in [0.25, 0.3) is 0 Å². The highest BCUT2D eigenvalue weighted by molar-refractivity contribution is 5.87. The van der Waals surface area contributed by atoms with Crippen molar-refractivity contribution in [1.82, 2.24) is 14.9 Å². The fraction of sp³-hybridized carbons (Fsp3) is 0.303. The Bertz CT molecular complexity index is 1570. The fourth-order valence-electron chi connectivity index (χ4n) is 5.59. The van der Waals surface area contributed by atoms with Gasteiger partial charge in [0, 0.05) is 49.3 Å². The molecule has 2 N–H and O–H groups in total. The van der Waals surface area contributed by atoms with E-state index in [1.807, 2.05) is 50.2 Å². The number of aromatic nitrogens is 2. The quantitative estimate of drug-likeness (QED) is 0.250. The van der Waals surface area contributed by atoms with Crippen LogP contribution < -0.4 is 24.6 Å². The molecule has 0 radical (unpaired) electrons. The van der Waals surface area contributed by atoms with Crippen molar-refractivity contribution in [3.05, 3.63) is 95.2 Å². The Hall–Kier alpha value is -4.83. The van der Waals surface area contributed by atoms with Gasteiger partial charge in [0.05, 0.1) is 20.3 Å². The lowest BCUT2D eigenvalue weighted by Gasteiger charge is -2.34. The molecule has 1 saturated heterocycles. The minimum absolute atomic E-state index is 0.220. The van der Waals surface area contributed by atoms with Crippen LogP contribution in [0, 0.1) is 13.8 Å². The van der Waals surface area contributed by atoms with Gasteiger partial charge in [-0.1, -0.05) is 24.3 Å². The summed E-state index contributed by atoms with van der Waals surface area (Å²) in [5.41, 5.74) is 5.28. The Morgan fingerprint density at radius 1 is 0.953 bits per heavy atom. The molecule has 1 aliphatic rings. The number of piperazine rings is 1. The zero-order valence-electron chi connectivity index (χ0n) is 25.2. The topological polar surface area (TPSA) is 103 Å². The minimum Gasteiger partial charge on any atom is -0.497 e. The second-order valence-electron chi connectivity index (χ2n) is 10.7. The number of benzene rings is 3. The van der Waals surface area contributed by atoms with Crippen LogP contribution in [0.15, 0.2) is 72.9 Å². The maximum atomic E-state index is 13.1. The summed E-state index contributed by atoms with van der Waals surface area (Å²) < 4.78 is 11.3. The van der Waals surface area contributed by atoms with E-state index in [0.717, 1.165) is 54.2 Å². The average molecular weight is 583 g/mol. The van der Waals surface area contributed by atoms with E-state index in [9.17, 15) is 9.90 Å². The van der Waals surface area contributed by atoms with E-state index in [4.69, 9.17) is 14.5 Å². The van der Waals surface area contributed by atoms with Crippen LogP contribution in [0.4, 0.5) is 27.9 Å². The summed E-state index contributed by atoms with van der Waals surface area (Å²) in [6.07, 6.45) is 0.398. The third-order valence-electron chi connectivity index (χ3n) is 7.87. The smallest absolute Gasteiger partial charge is 0.413 e. The first-order valence-electron chi connectivity index (χ1n) is 14.2. The van der Waals surface area contributed by atoms with Crippen molar-refractivity contribution < 1.29 is 19.4 Å². The molecule has 5 rings (SSSR count). The molecular weight excluding hydrogens is 544 g/mol. The number of hydrogen-bond donors (Lipinski definition) is 2. The molecule has 1 fully saturated rings. The lowest BCUT2D eigenvalue weighted by atomic mass is 9.89. The predicted molar refractivity (Wildman–Crippen MR) is 169 cm³/mol. The third kappa shape index (κ3) is 6.49. The van der Waals surface area contributed by atoms with Crippen molar-refractivity contribution in [3.8, 4) is 11.5 Å². The lowest BCUT2D eigenvalue weighted by Crippen LogP contribution is -2.44. The highest BCUT2D eigenvalue weighted by Gasteiger charge is 2.34. The molecule has 0 bridgehead atoms. The molecule has 0 spiro atoms. The van der Waals surface area contributed by atoms with E-state index in [0.29, 0.717) is 17.1 Å². The van der Waals surface area contributed by atoms with Crippen molar-refractivity contribution in [1.29, 1.82) is 0 Å². The number of anilines is 4. The first-order valence-corrected chi connectivity index (χ1v) is 14.2. The van der Waals surface area contributed by atoms with E-state index in [-0.39, 0.29) is 11.8 Å². The molecule has 10 nitrogen and oxygen atoms in total. The molecule has 1 unspecified atom stereocenters. The Kier molecular flexibility index (Phi) is 8.96. The molecule has 10 heteroatoms. The Morgan fingerprint density at radius 3 is 2.35 bits per heavy atom. The maximum absolute atomic E-state index is 13.1. The van der Waals surface area contributed by atoms with Crippen molar-refractivity contribution in [2.45, 2.75) is 19.9 Å². The van der Waals surface area contributed by atoms with Crippen LogP contribution in [0.1, 0.15) is 28.3 Å². The van der Waals surface area contributed by atoms with E-state index >= 15 is 0 Å². The summed E-state index contributed by atoms with van der Waals surface area (Å²) in [6, 6.07) is 20.2. The van der Waals surface area contributed by atoms with Crippen LogP contribution in [0.5, 0.6) is 11.5 Å². The van der Waals surface area contributed by atoms with Crippen LogP contribution in [0.3, 0.4) is 0 Å². The molecule has 1 aromatic heterocycles. The van der Waals surface area contributed by atoms with Crippen molar-refractivity contribution >= 4 is 29.2 Å². The Morgan fingerprint density at radius 2 is 1.67 bits per heavy atom. The van der Waals surface area contributed by atoms with Crippen molar-refractivity contribution in [3.63, 3.8) is 0 Å². The van der Waals surface area contributed by atoms with Gasteiger partial charge in [0.2, 0.25) is 5.95 Å². The van der Waals surface area contributed by atoms with Gasteiger partial charge < -0.3 is 29.7 Å². The van der Waals surface area contributed by atoms with Crippen LogP contribution in [0.2, 0.25) is 0 Å². The normalized spacial score (nSPS) is 14.2. The highest BCUT2D eigenvalue weighted by atomic mass is 16.5. The van der Waals surface area contributed by atoms with Gasteiger partial charge >= 0.3 is 6.09 Å². The molecule has 0 saturated carbocycles. The molecule has 43 heavy (non-hydrogen) atoms. The molecule has 3 aromatic carbocycles. The molecule has 0 aliphatic carbocycles. The third-order valence-corrected chi connectivity index (χ3v) is 7.87. The molecule has 2 heterocycles. The Balaban J connectivity index is 1.56. The molecule has 4 aromatic rings. The first-order chi connectivity index (χ1) is 20.8. The number of likely N-dealkylation sites (N-methyl/N-ethyl adjacent to an activating group) is 1. The maximum Gasteiger partial charge on any atom is 0.413 e. The zero-order valence-corrected chi connectivity index (χ0v) is 25.2. The number of aryl methyl sites for hydroxylation is 2. The second-order valence-corrected chi connectivity index (χ2v) is 10.7. The van der Waals surface area contributed by atoms with Crippen LogP contribution in [-0.4, -0.2) is 73.5 Å². The van der Waals surface area contributed by atoms with Gasteiger partial charge in [-0.2, -0.15) is 4.98 Å². The van der Waals surface area contributed by atoms with Gasteiger partial charge in [0.1, 0.15) is 17.3 Å². The number of carbonyl (C=O) groups is 1. The summed E-state index contributed by atoms with van der Waals surface area (Å²) in [5, 5.41) is 14.0. The predicted octanol–water partition coefficient (Wildman–Crippen LogP) is 5.88. The summed E-state index contributed by atoms with van der Waals surface area (Å²) in [7, 11) is 5.28. The summed E-state index contributed by atoms with van der Waals surface area (Å²) in [5.74, 6) is 1.63. The first kappa shape index (κ1) is 29.7. The van der Waals surface area contributed by atoms with Crippen molar-refractivity contribution in [2.24, 2.45) is 0 Å². The minimum atomic E-state index is -1.17. The van der Waals surface area contributed by atoms with Gasteiger partial charge in [0.25, 0.3) is 0 Å². The largest absolute Gasteiger partial charge is 0.497 e. The molecule has 1 amide bonds. The number of nitrogens with one attached hydrogen (secondary N) is 1. The van der Waals surface area contributed by atoms with Crippen LogP contribution >= 0.6 is 0 Å². The summed E-state index contributed by atoms with van der Waals surface area (Å²) in [6.45, 7) is 7.87. The number of carboxylic acid groups (broad SMARTS) is 1. The summed E-state index contributed by atoms with van der Waals surface area (Å²) in [4.78, 5) is 28.2. The SMILES string of the molecule is COc1ccc(OC)c(C(c2c(C)cccc2C)N(C(=O)O)c2ccnc(Nc3cccc(N4CCN(C)CC4)c3)n2)c1.